The summed E-state index contributed by atoms with van der Waals surface area (Å²) >= 11 is 0. The van der Waals surface area contributed by atoms with Crippen LogP contribution in [0.2, 0.25) is 0 Å². The molecule has 0 fully saturated rings. The van der Waals surface area contributed by atoms with E-state index in [9.17, 15) is 14.7 Å². The lowest BCUT2D eigenvalue weighted by atomic mass is 9.87. The number of pyridine rings is 1. The Bertz CT molecular complexity index is 1550. The maximum atomic E-state index is 11.5. The van der Waals surface area contributed by atoms with E-state index in [1.807, 2.05) is 24.3 Å². The first kappa shape index (κ1) is 31.9. The molecule has 5 rings (SSSR count). The first-order chi connectivity index (χ1) is 22.0. The molecule has 1 aliphatic carbocycles. The van der Waals surface area contributed by atoms with Crippen LogP contribution in [-0.2, 0) is 37.1 Å². The van der Waals surface area contributed by atoms with Gasteiger partial charge in [0.15, 0.2) is 0 Å². The minimum absolute atomic E-state index is 0.0790. The van der Waals surface area contributed by atoms with Gasteiger partial charge in [-0.3, -0.25) is 9.69 Å². The summed E-state index contributed by atoms with van der Waals surface area (Å²) in [6, 6.07) is 29.2. The average molecular weight is 607 g/mol. The van der Waals surface area contributed by atoms with Crippen molar-refractivity contribution in [1.82, 2.24) is 9.88 Å². The van der Waals surface area contributed by atoms with E-state index in [4.69, 9.17) is 9.84 Å². The second kappa shape index (κ2) is 16.0. The van der Waals surface area contributed by atoms with E-state index in [1.54, 1.807) is 12.3 Å². The number of hydrogen-bond donors (Lipinski definition) is 2. The third-order valence-corrected chi connectivity index (χ3v) is 8.66. The Labute approximate surface area is 265 Å². The number of aromatic nitrogens is 1. The van der Waals surface area contributed by atoms with Crippen LogP contribution in [0.1, 0.15) is 82.0 Å². The molecule has 0 bridgehead atoms. The van der Waals surface area contributed by atoms with Gasteiger partial charge in [-0.25, -0.2) is 9.78 Å². The van der Waals surface area contributed by atoms with Crippen LogP contribution >= 0.6 is 0 Å². The fourth-order valence-electron chi connectivity index (χ4n) is 6.19. The SMILES string of the molecule is O=C(O)CCCCN(CCc1ccccc1OCc1ccc(CCc2ccccc2)cc1)C1CCCc2cc(C(=O)O)ncc21. The van der Waals surface area contributed by atoms with Crippen LogP contribution in [0.5, 0.6) is 5.75 Å². The van der Waals surface area contributed by atoms with Gasteiger partial charge in [0.1, 0.15) is 18.1 Å². The number of hydrogen-bond acceptors (Lipinski definition) is 5. The highest BCUT2D eigenvalue weighted by molar-refractivity contribution is 5.85. The molecule has 1 heterocycles. The van der Waals surface area contributed by atoms with E-state index < -0.39 is 11.9 Å². The lowest BCUT2D eigenvalue weighted by molar-refractivity contribution is -0.137. The fraction of sp³-hybridized carbons (Fsp3) is 0.342. The lowest BCUT2D eigenvalue weighted by Gasteiger charge is -2.36. The van der Waals surface area contributed by atoms with E-state index in [-0.39, 0.29) is 18.2 Å². The van der Waals surface area contributed by atoms with Crippen molar-refractivity contribution in [3.63, 3.8) is 0 Å². The first-order valence-electron chi connectivity index (χ1n) is 16.0. The molecule has 7 heteroatoms. The Morgan fingerprint density at radius 1 is 0.822 bits per heavy atom. The predicted molar refractivity (Wildman–Crippen MR) is 175 cm³/mol. The molecule has 3 aromatic carbocycles. The minimum Gasteiger partial charge on any atom is -0.489 e. The zero-order valence-electron chi connectivity index (χ0n) is 25.7. The number of aliphatic carboxylic acids is 1. The summed E-state index contributed by atoms with van der Waals surface area (Å²) < 4.78 is 6.34. The Hall–Kier alpha value is -4.49. The molecule has 0 saturated heterocycles. The smallest absolute Gasteiger partial charge is 0.354 e. The van der Waals surface area contributed by atoms with Crippen molar-refractivity contribution >= 4 is 11.9 Å². The summed E-state index contributed by atoms with van der Waals surface area (Å²) in [6.07, 6.45) is 8.85. The van der Waals surface area contributed by atoms with Gasteiger partial charge in [-0.15, -0.1) is 0 Å². The van der Waals surface area contributed by atoms with Crippen LogP contribution in [0.15, 0.2) is 91.1 Å². The summed E-state index contributed by atoms with van der Waals surface area (Å²) in [4.78, 5) is 29.3. The lowest BCUT2D eigenvalue weighted by Crippen LogP contribution is -2.34. The molecule has 45 heavy (non-hydrogen) atoms. The standard InChI is InChI=1S/C38H42N2O5/c41-37(42)15-6-7-23-40(35-13-8-12-32-25-34(38(43)44)39-26-33(32)35)24-22-31-11-4-5-14-36(31)45-27-30-20-18-29(19-21-30)17-16-28-9-2-1-3-10-28/h1-5,9-11,14,18-21,25-26,35H,6-8,12-13,15-17,22-24,27H2,(H,41,42)(H,43,44). The highest BCUT2D eigenvalue weighted by Gasteiger charge is 2.27. The number of carbonyl (C=O) groups is 2. The topological polar surface area (TPSA) is 100.0 Å². The molecule has 0 radical (unpaired) electrons. The Balaban J connectivity index is 1.22. The number of fused-ring (bicyclic) bond motifs is 1. The molecule has 0 amide bonds. The van der Waals surface area contributed by atoms with Gasteiger partial charge >= 0.3 is 11.9 Å². The fourth-order valence-corrected chi connectivity index (χ4v) is 6.19. The molecule has 1 aromatic heterocycles. The minimum atomic E-state index is -1.01. The Kier molecular flexibility index (Phi) is 11.4. The number of unbranched alkanes of at least 4 members (excludes halogenated alkanes) is 1. The van der Waals surface area contributed by atoms with Crippen molar-refractivity contribution in [2.24, 2.45) is 0 Å². The van der Waals surface area contributed by atoms with Gasteiger partial charge in [0.2, 0.25) is 0 Å². The van der Waals surface area contributed by atoms with E-state index >= 15 is 0 Å². The number of aromatic carboxylic acids is 1. The van der Waals surface area contributed by atoms with Crippen LogP contribution in [-0.4, -0.2) is 45.1 Å². The Morgan fingerprint density at radius 3 is 2.29 bits per heavy atom. The maximum Gasteiger partial charge on any atom is 0.354 e. The van der Waals surface area contributed by atoms with Crippen LogP contribution in [0.4, 0.5) is 0 Å². The van der Waals surface area contributed by atoms with Crippen molar-refractivity contribution in [2.45, 2.75) is 70.4 Å². The van der Waals surface area contributed by atoms with Crippen molar-refractivity contribution in [1.29, 1.82) is 0 Å². The molecule has 2 N–H and O–H groups in total. The second-order valence-corrected chi connectivity index (χ2v) is 11.8. The van der Waals surface area contributed by atoms with E-state index in [0.29, 0.717) is 13.0 Å². The monoisotopic (exact) mass is 606 g/mol. The largest absolute Gasteiger partial charge is 0.489 e. The summed E-state index contributed by atoms with van der Waals surface area (Å²) in [5.74, 6) is -0.919. The van der Waals surface area contributed by atoms with Crippen molar-refractivity contribution in [3.05, 3.63) is 130 Å². The molecule has 0 saturated carbocycles. The molecule has 0 aliphatic heterocycles. The number of rotatable bonds is 16. The van der Waals surface area contributed by atoms with E-state index in [0.717, 1.165) is 86.0 Å². The van der Waals surface area contributed by atoms with Gasteiger partial charge in [0.25, 0.3) is 0 Å². The third-order valence-electron chi connectivity index (χ3n) is 8.66. The van der Waals surface area contributed by atoms with Crippen LogP contribution in [0, 0.1) is 0 Å². The number of para-hydroxylation sites is 1. The van der Waals surface area contributed by atoms with Gasteiger partial charge in [-0.1, -0.05) is 72.8 Å². The van der Waals surface area contributed by atoms with Crippen molar-refractivity contribution < 1.29 is 24.5 Å². The normalized spacial score (nSPS) is 14.2. The van der Waals surface area contributed by atoms with Gasteiger partial charge in [0, 0.05) is 25.2 Å². The van der Waals surface area contributed by atoms with E-state index in [2.05, 4.69) is 64.5 Å². The number of aryl methyl sites for hydroxylation is 3. The number of ether oxygens (including phenoxy) is 1. The predicted octanol–water partition coefficient (Wildman–Crippen LogP) is 7.32. The molecular formula is C38H42N2O5. The molecule has 1 atom stereocenters. The molecule has 4 aromatic rings. The zero-order chi connectivity index (χ0) is 31.4. The van der Waals surface area contributed by atoms with Gasteiger partial charge in [-0.2, -0.15) is 0 Å². The summed E-state index contributed by atoms with van der Waals surface area (Å²) in [7, 11) is 0. The highest BCUT2D eigenvalue weighted by Crippen LogP contribution is 2.35. The molecule has 1 aliphatic rings. The first-order valence-corrected chi connectivity index (χ1v) is 16.0. The van der Waals surface area contributed by atoms with Crippen molar-refractivity contribution in [2.75, 3.05) is 13.1 Å². The van der Waals surface area contributed by atoms with Gasteiger partial charge in [0.05, 0.1) is 0 Å². The summed E-state index contributed by atoms with van der Waals surface area (Å²) in [5, 5.41) is 18.6. The average Bonchev–Trinajstić information content (AvgIpc) is 3.07. The molecule has 1 unspecified atom stereocenters. The summed E-state index contributed by atoms with van der Waals surface area (Å²) in [5.41, 5.74) is 7.12. The van der Waals surface area contributed by atoms with E-state index in [1.165, 1.54) is 11.1 Å². The number of benzene rings is 3. The molecule has 7 nitrogen and oxygen atoms in total. The third kappa shape index (κ3) is 9.25. The van der Waals surface area contributed by atoms with Crippen LogP contribution in [0.3, 0.4) is 0 Å². The molecule has 234 valence electrons. The number of carboxylic acid groups (broad SMARTS) is 2. The van der Waals surface area contributed by atoms with Gasteiger partial charge in [-0.05, 0) is 103 Å². The molecular weight excluding hydrogens is 564 g/mol. The number of nitrogens with zero attached hydrogens (tertiary/aromatic N) is 2. The number of carboxylic acids is 2. The highest BCUT2D eigenvalue weighted by atomic mass is 16.5. The maximum absolute atomic E-state index is 11.5. The molecule has 0 spiro atoms. The quantitative estimate of drug-likeness (QED) is 0.129. The Morgan fingerprint density at radius 2 is 1.53 bits per heavy atom. The second-order valence-electron chi connectivity index (χ2n) is 11.8. The van der Waals surface area contributed by atoms with Crippen molar-refractivity contribution in [3.8, 4) is 5.75 Å². The van der Waals surface area contributed by atoms with Crippen LogP contribution < -0.4 is 4.74 Å². The van der Waals surface area contributed by atoms with Crippen LogP contribution in [0.25, 0.3) is 0 Å². The summed E-state index contributed by atoms with van der Waals surface area (Å²) in [6.45, 7) is 2.02. The van der Waals surface area contributed by atoms with Gasteiger partial charge < -0.3 is 14.9 Å². The zero-order valence-corrected chi connectivity index (χ0v) is 25.7.